The molecule has 0 aromatic heterocycles. The van der Waals surface area contributed by atoms with Crippen molar-refractivity contribution in [3.63, 3.8) is 0 Å². The van der Waals surface area contributed by atoms with Crippen LogP contribution in [0, 0.1) is 21.4 Å². The van der Waals surface area contributed by atoms with E-state index in [9.17, 15) is 10.1 Å². The summed E-state index contributed by atoms with van der Waals surface area (Å²) in [5.74, 6) is 0.0462. The molecule has 6 nitrogen and oxygen atoms in total. The highest BCUT2D eigenvalue weighted by Crippen LogP contribution is 2.27. The van der Waals surface area contributed by atoms with E-state index in [0.717, 1.165) is 6.07 Å². The summed E-state index contributed by atoms with van der Waals surface area (Å²) in [5, 5.41) is 28.3. The third kappa shape index (κ3) is 2.93. The second-order valence-corrected chi connectivity index (χ2v) is 3.21. The molecule has 0 saturated carbocycles. The van der Waals surface area contributed by atoms with E-state index in [4.69, 9.17) is 15.1 Å². The Morgan fingerprint density at radius 3 is 2.88 bits per heavy atom. The fourth-order valence-corrected chi connectivity index (χ4v) is 1.06. The number of nitrogens with zero attached hydrogens (tertiary/aromatic N) is 2. The van der Waals surface area contributed by atoms with Gasteiger partial charge in [-0.2, -0.15) is 5.26 Å². The molecule has 1 rings (SSSR count). The fraction of sp³-hybridized carbons (Fsp3) is 0.300. The smallest absolute Gasteiger partial charge is 0.312 e. The van der Waals surface area contributed by atoms with Crippen molar-refractivity contribution in [2.75, 3.05) is 6.61 Å². The molecule has 1 N–H and O–H groups in total. The highest BCUT2D eigenvalue weighted by molar-refractivity contribution is 5.51. The van der Waals surface area contributed by atoms with E-state index in [1.54, 1.807) is 6.07 Å². The van der Waals surface area contributed by atoms with Gasteiger partial charge in [0.05, 0.1) is 22.7 Å². The molecule has 0 spiro atoms. The lowest BCUT2D eigenvalue weighted by molar-refractivity contribution is -0.385. The minimum Gasteiger partial charge on any atom is -0.484 e. The van der Waals surface area contributed by atoms with Crippen molar-refractivity contribution in [3.05, 3.63) is 33.9 Å². The lowest BCUT2D eigenvalue weighted by Crippen LogP contribution is -2.13. The first-order chi connectivity index (χ1) is 7.54. The van der Waals surface area contributed by atoms with Crippen LogP contribution in [0.2, 0.25) is 0 Å². The Balaban J connectivity index is 3.00. The first-order valence-electron chi connectivity index (χ1n) is 4.54. The predicted molar refractivity (Wildman–Crippen MR) is 55.0 cm³/mol. The number of aliphatic hydroxyl groups is 1. The molecule has 1 atom stereocenters. The van der Waals surface area contributed by atoms with Crippen molar-refractivity contribution >= 4 is 5.69 Å². The summed E-state index contributed by atoms with van der Waals surface area (Å²) in [6, 6.07) is 5.71. The zero-order chi connectivity index (χ0) is 12.1. The number of nitriles is 1. The van der Waals surface area contributed by atoms with Gasteiger partial charge in [-0.3, -0.25) is 10.1 Å². The molecule has 1 unspecified atom stereocenters. The molecule has 1 aromatic carbocycles. The topological polar surface area (TPSA) is 96.4 Å². The Hall–Kier alpha value is -2.13. The van der Waals surface area contributed by atoms with E-state index in [0.29, 0.717) is 0 Å². The number of nitro groups is 1. The summed E-state index contributed by atoms with van der Waals surface area (Å²) in [7, 11) is 0. The molecule has 0 heterocycles. The highest BCUT2D eigenvalue weighted by Gasteiger charge is 2.16. The van der Waals surface area contributed by atoms with E-state index in [1.807, 2.05) is 0 Å². The minimum absolute atomic E-state index is 0.0350. The predicted octanol–water partition coefficient (Wildman–Crippen LogP) is 1.23. The van der Waals surface area contributed by atoms with Crippen LogP contribution in [-0.4, -0.2) is 22.7 Å². The first-order valence-corrected chi connectivity index (χ1v) is 4.54. The van der Waals surface area contributed by atoms with Crippen molar-refractivity contribution in [1.29, 1.82) is 5.26 Å². The van der Waals surface area contributed by atoms with Crippen LogP contribution >= 0.6 is 0 Å². The zero-order valence-electron chi connectivity index (χ0n) is 8.58. The molecule has 84 valence electrons. The van der Waals surface area contributed by atoms with Crippen LogP contribution in [0.1, 0.15) is 12.5 Å². The Morgan fingerprint density at radius 2 is 2.38 bits per heavy atom. The van der Waals surface area contributed by atoms with Crippen molar-refractivity contribution < 1.29 is 14.8 Å². The summed E-state index contributed by atoms with van der Waals surface area (Å²) in [6.45, 7) is 1.47. The summed E-state index contributed by atoms with van der Waals surface area (Å²) in [4.78, 5) is 10.1. The molecule has 16 heavy (non-hydrogen) atoms. The molecular formula is C10H10N2O4. The lowest BCUT2D eigenvalue weighted by atomic mass is 10.2. The molecule has 0 radical (unpaired) electrons. The second kappa shape index (κ2) is 5.09. The van der Waals surface area contributed by atoms with Gasteiger partial charge in [-0.1, -0.05) is 0 Å². The number of ether oxygens (including phenoxy) is 1. The van der Waals surface area contributed by atoms with Gasteiger partial charge in [0.15, 0.2) is 5.75 Å². The molecular weight excluding hydrogens is 212 g/mol. The van der Waals surface area contributed by atoms with Crippen molar-refractivity contribution in [1.82, 2.24) is 0 Å². The second-order valence-electron chi connectivity index (χ2n) is 3.21. The molecule has 0 aliphatic carbocycles. The summed E-state index contributed by atoms with van der Waals surface area (Å²) >= 11 is 0. The Bertz CT molecular complexity index is 437. The maximum absolute atomic E-state index is 10.7. The summed E-state index contributed by atoms with van der Waals surface area (Å²) in [5.41, 5.74) is -0.0872. The van der Waals surface area contributed by atoms with E-state index in [2.05, 4.69) is 0 Å². The molecule has 1 aromatic rings. The number of rotatable bonds is 4. The molecule has 0 bridgehead atoms. The van der Waals surface area contributed by atoms with Crippen molar-refractivity contribution in [2.24, 2.45) is 0 Å². The molecule has 0 amide bonds. The quantitative estimate of drug-likeness (QED) is 0.610. The van der Waals surface area contributed by atoms with Gasteiger partial charge in [0.1, 0.15) is 6.61 Å². The molecule has 0 fully saturated rings. The van der Waals surface area contributed by atoms with E-state index >= 15 is 0 Å². The van der Waals surface area contributed by atoms with Gasteiger partial charge in [0, 0.05) is 6.07 Å². The monoisotopic (exact) mass is 222 g/mol. The Kier molecular flexibility index (Phi) is 3.80. The third-order valence-corrected chi connectivity index (χ3v) is 1.76. The van der Waals surface area contributed by atoms with Crippen molar-refractivity contribution in [3.8, 4) is 11.8 Å². The molecule has 0 saturated heterocycles. The van der Waals surface area contributed by atoms with Crippen LogP contribution in [0.3, 0.4) is 0 Å². The van der Waals surface area contributed by atoms with Crippen LogP contribution in [0.5, 0.6) is 5.75 Å². The maximum Gasteiger partial charge on any atom is 0.312 e. The Labute approximate surface area is 91.8 Å². The first kappa shape index (κ1) is 11.9. The normalized spacial score (nSPS) is 11.6. The van der Waals surface area contributed by atoms with Gasteiger partial charge < -0.3 is 9.84 Å². The number of aliphatic hydroxyl groups excluding tert-OH is 1. The number of benzene rings is 1. The van der Waals surface area contributed by atoms with Gasteiger partial charge in [0.2, 0.25) is 0 Å². The van der Waals surface area contributed by atoms with Gasteiger partial charge in [-0.15, -0.1) is 0 Å². The average Bonchev–Trinajstić information content (AvgIpc) is 2.25. The van der Waals surface area contributed by atoms with Crippen LogP contribution < -0.4 is 4.74 Å². The minimum atomic E-state index is -0.713. The van der Waals surface area contributed by atoms with Crippen molar-refractivity contribution in [2.45, 2.75) is 13.0 Å². The van der Waals surface area contributed by atoms with Gasteiger partial charge in [-0.25, -0.2) is 0 Å². The largest absolute Gasteiger partial charge is 0.484 e. The number of hydrogen-bond donors (Lipinski definition) is 1. The number of hydrogen-bond acceptors (Lipinski definition) is 5. The molecule has 0 aliphatic heterocycles. The zero-order valence-corrected chi connectivity index (χ0v) is 8.58. The Morgan fingerprint density at radius 1 is 1.69 bits per heavy atom. The van der Waals surface area contributed by atoms with E-state index in [-0.39, 0.29) is 23.6 Å². The average molecular weight is 222 g/mol. The standard InChI is InChI=1S/C10H10N2O4/c1-7(13)6-16-10-3-2-8(5-11)4-9(10)12(14)15/h2-4,7,13H,6H2,1H3. The third-order valence-electron chi connectivity index (χ3n) is 1.76. The lowest BCUT2D eigenvalue weighted by Gasteiger charge is -2.08. The molecule has 6 heteroatoms. The van der Waals surface area contributed by atoms with Gasteiger partial charge >= 0.3 is 5.69 Å². The van der Waals surface area contributed by atoms with Crippen LogP contribution in [0.4, 0.5) is 5.69 Å². The van der Waals surface area contributed by atoms with E-state index < -0.39 is 11.0 Å². The van der Waals surface area contributed by atoms with E-state index in [1.165, 1.54) is 19.1 Å². The fourth-order valence-electron chi connectivity index (χ4n) is 1.06. The molecule has 0 aliphatic rings. The highest BCUT2D eigenvalue weighted by atomic mass is 16.6. The van der Waals surface area contributed by atoms with Crippen LogP contribution in [0.15, 0.2) is 18.2 Å². The van der Waals surface area contributed by atoms with Gasteiger partial charge in [0.25, 0.3) is 0 Å². The van der Waals surface area contributed by atoms with Gasteiger partial charge in [-0.05, 0) is 19.1 Å². The van der Waals surface area contributed by atoms with Crippen LogP contribution in [0.25, 0.3) is 0 Å². The van der Waals surface area contributed by atoms with Crippen LogP contribution in [-0.2, 0) is 0 Å². The summed E-state index contributed by atoms with van der Waals surface area (Å²) < 4.78 is 5.06. The number of nitro benzene ring substituents is 1. The maximum atomic E-state index is 10.7. The summed E-state index contributed by atoms with van der Waals surface area (Å²) in [6.07, 6.45) is -0.713. The SMILES string of the molecule is CC(O)COc1ccc(C#N)cc1[N+](=O)[O-].